The lowest BCUT2D eigenvalue weighted by atomic mass is 10.1. The maximum Gasteiger partial charge on any atom is 0.339 e. The van der Waals surface area contributed by atoms with E-state index in [1.54, 1.807) is 35.6 Å². The zero-order chi connectivity index (χ0) is 13.0. The van der Waals surface area contributed by atoms with E-state index < -0.39 is 12.4 Å². The molecule has 0 radical (unpaired) electrons. The van der Waals surface area contributed by atoms with Gasteiger partial charge in [-0.1, -0.05) is 6.07 Å². The summed E-state index contributed by atoms with van der Waals surface area (Å²) < 4.78 is 30.0. The molecule has 1 aromatic rings. The number of rotatable bonds is 3. The number of halogens is 3. The zero-order valence-corrected chi connectivity index (χ0v) is 11.0. The van der Waals surface area contributed by atoms with E-state index in [1.165, 1.54) is 6.07 Å². The normalized spacial score (nSPS) is 10.1. The highest BCUT2D eigenvalue weighted by Gasteiger charge is 2.21. The SMILES string of the molecule is CCOC(=O)c1ccc(C(F)F)c(I)c1C#N. The van der Waals surface area contributed by atoms with E-state index in [9.17, 15) is 13.6 Å². The molecule has 90 valence electrons. The Bertz CT molecular complexity index is 483. The summed E-state index contributed by atoms with van der Waals surface area (Å²) in [7, 11) is 0. The summed E-state index contributed by atoms with van der Waals surface area (Å²) in [6.07, 6.45) is -2.68. The van der Waals surface area contributed by atoms with Crippen LogP contribution in [-0.2, 0) is 4.74 Å². The van der Waals surface area contributed by atoms with Crippen LogP contribution in [0.15, 0.2) is 12.1 Å². The Kier molecular flexibility index (Phi) is 4.81. The number of hydrogen-bond donors (Lipinski definition) is 0. The second kappa shape index (κ2) is 5.91. The third kappa shape index (κ3) is 2.91. The fourth-order valence-corrected chi connectivity index (χ4v) is 2.08. The van der Waals surface area contributed by atoms with Crippen molar-refractivity contribution in [2.75, 3.05) is 6.61 Å². The third-order valence-electron chi connectivity index (χ3n) is 2.01. The Labute approximate surface area is 111 Å². The summed E-state index contributed by atoms with van der Waals surface area (Å²) in [5.74, 6) is -0.678. The summed E-state index contributed by atoms with van der Waals surface area (Å²) in [5, 5.41) is 8.92. The van der Waals surface area contributed by atoms with Crippen LogP contribution in [0.5, 0.6) is 0 Å². The van der Waals surface area contributed by atoms with Gasteiger partial charge in [-0.2, -0.15) is 5.26 Å². The smallest absolute Gasteiger partial charge is 0.339 e. The molecule has 6 heteroatoms. The first-order valence-electron chi connectivity index (χ1n) is 4.70. The molecule has 0 atom stereocenters. The van der Waals surface area contributed by atoms with Crippen LogP contribution in [0.2, 0.25) is 0 Å². The molecule has 0 spiro atoms. The molecule has 0 bridgehead atoms. The highest BCUT2D eigenvalue weighted by Crippen LogP contribution is 2.28. The average molecular weight is 351 g/mol. The van der Waals surface area contributed by atoms with Gasteiger partial charge in [-0.05, 0) is 35.6 Å². The van der Waals surface area contributed by atoms with E-state index >= 15 is 0 Å². The van der Waals surface area contributed by atoms with Crippen molar-refractivity contribution in [1.29, 1.82) is 5.26 Å². The molecule has 0 aliphatic heterocycles. The number of esters is 1. The first-order valence-corrected chi connectivity index (χ1v) is 5.78. The molecule has 0 heterocycles. The van der Waals surface area contributed by atoms with Crippen LogP contribution in [0.4, 0.5) is 8.78 Å². The lowest BCUT2D eigenvalue weighted by Crippen LogP contribution is -2.09. The summed E-state index contributed by atoms with van der Waals surface area (Å²) in [6, 6.07) is 4.09. The fraction of sp³-hybridized carbons (Fsp3) is 0.273. The lowest BCUT2D eigenvalue weighted by Gasteiger charge is -2.09. The Balaban J connectivity index is 3.32. The van der Waals surface area contributed by atoms with Gasteiger partial charge in [-0.15, -0.1) is 0 Å². The van der Waals surface area contributed by atoms with Gasteiger partial charge in [0.05, 0.1) is 17.7 Å². The molecule has 1 rings (SSSR count). The van der Waals surface area contributed by atoms with Crippen molar-refractivity contribution in [2.45, 2.75) is 13.3 Å². The van der Waals surface area contributed by atoms with Gasteiger partial charge in [0.2, 0.25) is 0 Å². The van der Waals surface area contributed by atoms with Crippen LogP contribution >= 0.6 is 22.6 Å². The van der Waals surface area contributed by atoms with Gasteiger partial charge < -0.3 is 4.74 Å². The van der Waals surface area contributed by atoms with Gasteiger partial charge in [-0.25, -0.2) is 13.6 Å². The molecule has 17 heavy (non-hydrogen) atoms. The molecule has 0 amide bonds. The maximum atomic E-state index is 12.6. The van der Waals surface area contributed by atoms with Crippen molar-refractivity contribution in [3.05, 3.63) is 32.4 Å². The summed E-state index contributed by atoms with van der Waals surface area (Å²) >= 11 is 1.63. The van der Waals surface area contributed by atoms with Crippen LogP contribution in [-0.4, -0.2) is 12.6 Å². The van der Waals surface area contributed by atoms with Gasteiger partial charge >= 0.3 is 5.97 Å². The second-order valence-electron chi connectivity index (χ2n) is 3.02. The first kappa shape index (κ1) is 13.8. The first-order chi connectivity index (χ1) is 8.02. The molecular formula is C11H8F2INO2. The van der Waals surface area contributed by atoms with Gasteiger partial charge in [0.25, 0.3) is 6.43 Å². The minimum Gasteiger partial charge on any atom is -0.462 e. The predicted molar refractivity (Wildman–Crippen MR) is 64.8 cm³/mol. The average Bonchev–Trinajstić information content (AvgIpc) is 2.28. The number of nitriles is 1. The van der Waals surface area contributed by atoms with Gasteiger partial charge in [0.15, 0.2) is 0 Å². The van der Waals surface area contributed by atoms with Crippen molar-refractivity contribution in [3.8, 4) is 6.07 Å². The zero-order valence-electron chi connectivity index (χ0n) is 8.84. The second-order valence-corrected chi connectivity index (χ2v) is 4.10. The molecule has 0 aromatic heterocycles. The largest absolute Gasteiger partial charge is 0.462 e. The number of carbonyl (C=O) groups is 1. The molecular weight excluding hydrogens is 343 g/mol. The number of alkyl halides is 2. The van der Waals surface area contributed by atoms with E-state index in [0.717, 1.165) is 6.07 Å². The lowest BCUT2D eigenvalue weighted by molar-refractivity contribution is 0.0525. The minimum absolute atomic E-state index is 0.0168. The highest BCUT2D eigenvalue weighted by molar-refractivity contribution is 14.1. The number of carbonyl (C=O) groups excluding carboxylic acids is 1. The van der Waals surface area contributed by atoms with Gasteiger partial charge in [-0.3, -0.25) is 0 Å². The fourth-order valence-electron chi connectivity index (χ4n) is 1.25. The van der Waals surface area contributed by atoms with Crippen LogP contribution in [0, 0.1) is 14.9 Å². The number of benzene rings is 1. The van der Waals surface area contributed by atoms with E-state index in [2.05, 4.69) is 0 Å². The summed E-state index contributed by atoms with van der Waals surface area (Å²) in [4.78, 5) is 11.5. The maximum absolute atomic E-state index is 12.6. The number of hydrogen-bond acceptors (Lipinski definition) is 3. The topological polar surface area (TPSA) is 50.1 Å². The van der Waals surface area contributed by atoms with E-state index in [0.29, 0.717) is 0 Å². The molecule has 0 aliphatic rings. The van der Waals surface area contributed by atoms with E-state index in [-0.39, 0.29) is 26.9 Å². The van der Waals surface area contributed by atoms with Crippen molar-refractivity contribution < 1.29 is 18.3 Å². The molecule has 0 aliphatic carbocycles. The van der Waals surface area contributed by atoms with E-state index in [1.807, 2.05) is 0 Å². The Morgan fingerprint density at radius 1 is 1.59 bits per heavy atom. The predicted octanol–water partition coefficient (Wildman–Crippen LogP) is 3.28. The van der Waals surface area contributed by atoms with Crippen molar-refractivity contribution >= 4 is 28.6 Å². The van der Waals surface area contributed by atoms with Crippen LogP contribution in [0.3, 0.4) is 0 Å². The third-order valence-corrected chi connectivity index (χ3v) is 3.18. The van der Waals surface area contributed by atoms with E-state index in [4.69, 9.17) is 10.00 Å². The molecule has 0 N–H and O–H groups in total. The Hall–Kier alpha value is -1.23. The van der Waals surface area contributed by atoms with Crippen molar-refractivity contribution in [3.63, 3.8) is 0 Å². The minimum atomic E-state index is -2.68. The van der Waals surface area contributed by atoms with Gasteiger partial charge in [0, 0.05) is 9.13 Å². The molecule has 0 fully saturated rings. The molecule has 1 aromatic carbocycles. The van der Waals surface area contributed by atoms with Gasteiger partial charge in [0.1, 0.15) is 6.07 Å². The Morgan fingerprint density at radius 3 is 2.71 bits per heavy atom. The van der Waals surface area contributed by atoms with Crippen LogP contribution in [0.25, 0.3) is 0 Å². The number of nitrogens with zero attached hydrogens (tertiary/aromatic N) is 1. The molecule has 0 unspecified atom stereocenters. The van der Waals surface area contributed by atoms with Crippen molar-refractivity contribution in [1.82, 2.24) is 0 Å². The van der Waals surface area contributed by atoms with Crippen LogP contribution < -0.4 is 0 Å². The standard InChI is InChI=1S/C11H8F2INO2/c1-2-17-11(16)6-3-4-7(10(12)13)9(14)8(6)5-15/h3-4,10H,2H2,1H3. The molecule has 3 nitrogen and oxygen atoms in total. The summed E-state index contributed by atoms with van der Waals surface area (Å²) in [6.45, 7) is 1.79. The molecule has 0 saturated carbocycles. The molecule has 0 saturated heterocycles. The quantitative estimate of drug-likeness (QED) is 0.620. The number of ether oxygens (including phenoxy) is 1. The Morgan fingerprint density at radius 2 is 2.24 bits per heavy atom. The highest BCUT2D eigenvalue weighted by atomic mass is 127. The summed E-state index contributed by atoms with van der Waals surface area (Å²) in [5.41, 5.74) is -0.305. The monoisotopic (exact) mass is 351 g/mol. The van der Waals surface area contributed by atoms with Crippen LogP contribution in [0.1, 0.15) is 34.8 Å². The van der Waals surface area contributed by atoms with Crippen molar-refractivity contribution in [2.24, 2.45) is 0 Å².